The molecule has 1 aromatic carbocycles. The van der Waals surface area contributed by atoms with Gasteiger partial charge in [-0.25, -0.2) is 5.10 Å². The third-order valence-electron chi connectivity index (χ3n) is 4.09. The van der Waals surface area contributed by atoms with E-state index in [0.717, 1.165) is 25.9 Å². The third kappa shape index (κ3) is 2.55. The minimum atomic E-state index is -0.263. The molecule has 5 heteroatoms. The van der Waals surface area contributed by atoms with E-state index in [1.165, 1.54) is 0 Å². The Hall–Kier alpha value is -2.17. The average molecular weight is 285 g/mol. The number of H-pyrrole nitrogens is 1. The maximum atomic E-state index is 12.8. The van der Waals surface area contributed by atoms with E-state index in [2.05, 4.69) is 24.0 Å². The Morgan fingerprint density at radius 2 is 2.00 bits per heavy atom. The lowest BCUT2D eigenvalue weighted by Crippen LogP contribution is -2.44. The summed E-state index contributed by atoms with van der Waals surface area (Å²) in [6.07, 6.45) is 2.12. The van der Waals surface area contributed by atoms with Gasteiger partial charge in [-0.2, -0.15) is 5.10 Å². The van der Waals surface area contributed by atoms with Crippen LogP contribution in [0.3, 0.4) is 0 Å². The molecule has 0 bridgehead atoms. The maximum Gasteiger partial charge on any atom is 0.274 e. The first-order chi connectivity index (χ1) is 9.98. The molecule has 0 unspecified atom stereocenters. The highest BCUT2D eigenvalue weighted by Crippen LogP contribution is 2.29. The van der Waals surface area contributed by atoms with Crippen molar-refractivity contribution in [3.05, 3.63) is 40.3 Å². The molecular weight excluding hydrogens is 266 g/mol. The lowest BCUT2D eigenvalue weighted by Gasteiger charge is -2.37. The Kier molecular flexibility index (Phi) is 3.27. The van der Waals surface area contributed by atoms with Crippen LogP contribution < -0.4 is 5.56 Å². The van der Waals surface area contributed by atoms with Gasteiger partial charge in [-0.1, -0.05) is 32.0 Å². The SMILES string of the molecule is CC1(C)CCCN(C(=O)c2n[nH]c(=O)c3ccccc23)C1. The van der Waals surface area contributed by atoms with E-state index in [9.17, 15) is 9.59 Å². The molecule has 1 amide bonds. The molecule has 1 N–H and O–H groups in total. The number of hydrogen-bond acceptors (Lipinski definition) is 3. The molecule has 5 nitrogen and oxygen atoms in total. The summed E-state index contributed by atoms with van der Waals surface area (Å²) in [5, 5.41) is 7.56. The molecule has 0 aliphatic carbocycles. The number of aromatic amines is 1. The number of piperidine rings is 1. The molecule has 1 aliphatic heterocycles. The molecule has 1 aliphatic rings. The topological polar surface area (TPSA) is 66.1 Å². The highest BCUT2D eigenvalue weighted by atomic mass is 16.2. The Labute approximate surface area is 123 Å². The number of fused-ring (bicyclic) bond motifs is 1. The first-order valence-electron chi connectivity index (χ1n) is 7.25. The van der Waals surface area contributed by atoms with Gasteiger partial charge in [0, 0.05) is 18.5 Å². The average Bonchev–Trinajstić information content (AvgIpc) is 2.46. The maximum absolute atomic E-state index is 12.8. The molecule has 3 rings (SSSR count). The number of carbonyl (C=O) groups is 1. The molecule has 1 fully saturated rings. The second-order valence-electron chi connectivity index (χ2n) is 6.44. The Morgan fingerprint density at radius 3 is 2.71 bits per heavy atom. The van der Waals surface area contributed by atoms with E-state index in [4.69, 9.17) is 0 Å². The van der Waals surface area contributed by atoms with Crippen LogP contribution in [0.25, 0.3) is 10.8 Å². The quantitative estimate of drug-likeness (QED) is 0.873. The van der Waals surface area contributed by atoms with Crippen LogP contribution in [0.15, 0.2) is 29.1 Å². The monoisotopic (exact) mass is 285 g/mol. The van der Waals surface area contributed by atoms with Crippen molar-refractivity contribution in [3.8, 4) is 0 Å². The summed E-state index contributed by atoms with van der Waals surface area (Å²) >= 11 is 0. The van der Waals surface area contributed by atoms with Crippen molar-refractivity contribution in [1.29, 1.82) is 0 Å². The molecule has 110 valence electrons. The van der Waals surface area contributed by atoms with Crippen molar-refractivity contribution in [3.63, 3.8) is 0 Å². The van der Waals surface area contributed by atoms with Crippen LogP contribution >= 0.6 is 0 Å². The van der Waals surface area contributed by atoms with E-state index in [1.807, 2.05) is 11.0 Å². The standard InChI is InChI=1S/C16H19N3O2/c1-16(2)8-5-9-19(10-16)15(21)13-11-6-3-4-7-12(11)14(20)18-17-13/h3-4,6-7H,5,8-10H2,1-2H3,(H,18,20). The van der Waals surface area contributed by atoms with Crippen LogP contribution in [0, 0.1) is 5.41 Å². The van der Waals surface area contributed by atoms with Gasteiger partial charge < -0.3 is 4.90 Å². The zero-order valence-electron chi connectivity index (χ0n) is 12.3. The van der Waals surface area contributed by atoms with E-state index >= 15 is 0 Å². The normalized spacial score (nSPS) is 17.9. The van der Waals surface area contributed by atoms with Gasteiger partial charge in [0.15, 0.2) is 5.69 Å². The summed E-state index contributed by atoms with van der Waals surface area (Å²) in [6, 6.07) is 7.10. The number of rotatable bonds is 1. The number of carbonyl (C=O) groups excluding carboxylic acids is 1. The first kappa shape index (κ1) is 13.8. The summed E-state index contributed by atoms with van der Waals surface area (Å²) < 4.78 is 0. The third-order valence-corrected chi connectivity index (χ3v) is 4.09. The molecule has 2 heterocycles. The molecular formula is C16H19N3O2. The van der Waals surface area contributed by atoms with Crippen molar-refractivity contribution >= 4 is 16.7 Å². The zero-order chi connectivity index (χ0) is 15.0. The number of hydrogen-bond donors (Lipinski definition) is 1. The van der Waals surface area contributed by atoms with Gasteiger partial charge in [-0.05, 0) is 24.3 Å². The molecule has 0 atom stereocenters. The zero-order valence-corrected chi connectivity index (χ0v) is 12.3. The van der Waals surface area contributed by atoms with E-state index in [1.54, 1.807) is 18.2 Å². The molecule has 2 aromatic rings. The summed E-state index contributed by atoms with van der Waals surface area (Å²) in [5.41, 5.74) is 0.204. The first-order valence-corrected chi connectivity index (χ1v) is 7.25. The van der Waals surface area contributed by atoms with Crippen molar-refractivity contribution in [2.75, 3.05) is 13.1 Å². The van der Waals surface area contributed by atoms with Crippen molar-refractivity contribution in [2.45, 2.75) is 26.7 Å². The van der Waals surface area contributed by atoms with E-state index in [0.29, 0.717) is 16.5 Å². The van der Waals surface area contributed by atoms with E-state index in [-0.39, 0.29) is 16.9 Å². The number of likely N-dealkylation sites (tertiary alicyclic amines) is 1. The lowest BCUT2D eigenvalue weighted by atomic mass is 9.84. The number of nitrogens with one attached hydrogen (secondary N) is 1. The van der Waals surface area contributed by atoms with Gasteiger partial charge in [0.1, 0.15) is 0 Å². The van der Waals surface area contributed by atoms with Gasteiger partial charge >= 0.3 is 0 Å². The molecule has 1 aromatic heterocycles. The number of nitrogens with zero attached hydrogens (tertiary/aromatic N) is 2. The fourth-order valence-electron chi connectivity index (χ4n) is 3.02. The molecule has 0 saturated carbocycles. The van der Waals surface area contributed by atoms with Crippen molar-refractivity contribution in [1.82, 2.24) is 15.1 Å². The van der Waals surface area contributed by atoms with Crippen LogP contribution in [-0.4, -0.2) is 34.1 Å². The van der Waals surface area contributed by atoms with Gasteiger partial charge in [-0.3, -0.25) is 9.59 Å². The van der Waals surface area contributed by atoms with Crippen LogP contribution in [-0.2, 0) is 0 Å². The summed E-state index contributed by atoms with van der Waals surface area (Å²) in [5.74, 6) is -0.102. The number of aromatic nitrogens is 2. The Morgan fingerprint density at radius 1 is 1.29 bits per heavy atom. The molecule has 1 saturated heterocycles. The summed E-state index contributed by atoms with van der Waals surface area (Å²) in [7, 11) is 0. The van der Waals surface area contributed by atoms with E-state index < -0.39 is 0 Å². The Balaban J connectivity index is 2.03. The fourth-order valence-corrected chi connectivity index (χ4v) is 3.02. The fraction of sp³-hybridized carbons (Fsp3) is 0.438. The van der Waals surface area contributed by atoms with Gasteiger partial charge in [0.25, 0.3) is 11.5 Å². The molecule has 0 spiro atoms. The highest BCUT2D eigenvalue weighted by Gasteiger charge is 2.30. The van der Waals surface area contributed by atoms with Crippen LogP contribution in [0.5, 0.6) is 0 Å². The highest BCUT2D eigenvalue weighted by molar-refractivity contribution is 6.04. The lowest BCUT2D eigenvalue weighted by molar-refractivity contribution is 0.0578. The molecule has 0 radical (unpaired) electrons. The number of amides is 1. The Bertz CT molecular complexity index is 749. The second kappa shape index (κ2) is 4.98. The predicted molar refractivity (Wildman–Crippen MR) is 81.3 cm³/mol. The second-order valence-corrected chi connectivity index (χ2v) is 6.44. The van der Waals surface area contributed by atoms with Crippen molar-refractivity contribution < 1.29 is 4.79 Å². The van der Waals surface area contributed by atoms with Gasteiger partial charge in [0.05, 0.1) is 5.39 Å². The van der Waals surface area contributed by atoms with Crippen LogP contribution in [0.2, 0.25) is 0 Å². The summed E-state index contributed by atoms with van der Waals surface area (Å²) in [6.45, 7) is 5.81. The molecule has 21 heavy (non-hydrogen) atoms. The van der Waals surface area contributed by atoms with Gasteiger partial charge in [0.2, 0.25) is 0 Å². The minimum absolute atomic E-state index is 0.102. The largest absolute Gasteiger partial charge is 0.337 e. The predicted octanol–water partition coefficient (Wildman–Crippen LogP) is 2.19. The minimum Gasteiger partial charge on any atom is -0.337 e. The van der Waals surface area contributed by atoms with Crippen molar-refractivity contribution in [2.24, 2.45) is 5.41 Å². The van der Waals surface area contributed by atoms with Crippen LogP contribution in [0.1, 0.15) is 37.2 Å². The van der Waals surface area contributed by atoms with Crippen LogP contribution in [0.4, 0.5) is 0 Å². The smallest absolute Gasteiger partial charge is 0.274 e. The number of benzene rings is 1. The summed E-state index contributed by atoms with van der Waals surface area (Å²) in [4.78, 5) is 26.4. The van der Waals surface area contributed by atoms with Gasteiger partial charge in [-0.15, -0.1) is 0 Å².